The highest BCUT2D eigenvalue weighted by Crippen LogP contribution is 2.43. The van der Waals surface area contributed by atoms with Gasteiger partial charge >= 0.3 is 5.97 Å². The second-order valence-corrected chi connectivity index (χ2v) is 6.98. The monoisotopic (exact) mass is 327 g/mol. The molecule has 24 heavy (non-hydrogen) atoms. The van der Waals surface area contributed by atoms with E-state index in [2.05, 4.69) is 13.0 Å². The van der Waals surface area contributed by atoms with Crippen LogP contribution in [0.15, 0.2) is 24.3 Å². The fourth-order valence-electron chi connectivity index (χ4n) is 4.24. The molecule has 0 heterocycles. The first-order valence-electron chi connectivity index (χ1n) is 9.03. The highest BCUT2D eigenvalue weighted by Gasteiger charge is 2.38. The summed E-state index contributed by atoms with van der Waals surface area (Å²) in [5.74, 6) is 1.75. The number of nitriles is 1. The van der Waals surface area contributed by atoms with E-state index in [-0.39, 0.29) is 11.9 Å². The molecule has 128 valence electrons. The maximum absolute atomic E-state index is 12.5. The van der Waals surface area contributed by atoms with E-state index in [1.165, 1.54) is 0 Å². The molecule has 0 spiro atoms. The van der Waals surface area contributed by atoms with Crippen molar-refractivity contribution in [3.8, 4) is 11.8 Å². The van der Waals surface area contributed by atoms with Crippen LogP contribution in [0.25, 0.3) is 0 Å². The van der Waals surface area contributed by atoms with Gasteiger partial charge in [-0.3, -0.25) is 4.79 Å². The molecule has 0 saturated heterocycles. The summed E-state index contributed by atoms with van der Waals surface area (Å²) in [6, 6.07) is 8.79. The molecule has 0 aromatic heterocycles. The van der Waals surface area contributed by atoms with E-state index in [1.54, 1.807) is 24.3 Å². The van der Waals surface area contributed by atoms with Crippen LogP contribution >= 0.6 is 0 Å². The topological polar surface area (TPSA) is 59.3 Å². The van der Waals surface area contributed by atoms with Gasteiger partial charge < -0.3 is 9.47 Å². The Labute approximate surface area is 143 Å². The van der Waals surface area contributed by atoms with Gasteiger partial charge in [-0.05, 0) is 81.5 Å². The fraction of sp³-hybridized carbons (Fsp3) is 0.600. The molecule has 0 aliphatic heterocycles. The second kappa shape index (κ2) is 7.81. The summed E-state index contributed by atoms with van der Waals surface area (Å²) in [6.45, 7) is 2.85. The molecule has 2 aliphatic rings. The van der Waals surface area contributed by atoms with Crippen LogP contribution in [0.3, 0.4) is 0 Å². The minimum atomic E-state index is -0.120. The van der Waals surface area contributed by atoms with E-state index < -0.39 is 0 Å². The molecule has 3 rings (SSSR count). The lowest BCUT2D eigenvalue weighted by molar-refractivity contribution is -0.141. The van der Waals surface area contributed by atoms with Gasteiger partial charge in [-0.1, -0.05) is 0 Å². The SMILES string of the molecule is CCOC1CCC2CC(C(=O)Oc3ccc(C#N)cc3)CCC2C1. The number of hydrogen-bond acceptors (Lipinski definition) is 4. The quantitative estimate of drug-likeness (QED) is 0.617. The maximum atomic E-state index is 12.5. The average Bonchev–Trinajstić information content (AvgIpc) is 2.62. The van der Waals surface area contributed by atoms with Crippen LogP contribution in [0.2, 0.25) is 0 Å². The van der Waals surface area contributed by atoms with Gasteiger partial charge in [0.1, 0.15) is 5.75 Å². The lowest BCUT2D eigenvalue weighted by Crippen LogP contribution is -2.37. The van der Waals surface area contributed by atoms with E-state index in [0.717, 1.165) is 45.1 Å². The highest BCUT2D eigenvalue weighted by atomic mass is 16.5. The Balaban J connectivity index is 1.53. The van der Waals surface area contributed by atoms with Crippen molar-refractivity contribution in [1.82, 2.24) is 0 Å². The smallest absolute Gasteiger partial charge is 0.314 e. The summed E-state index contributed by atoms with van der Waals surface area (Å²) in [7, 11) is 0. The zero-order valence-electron chi connectivity index (χ0n) is 14.2. The predicted octanol–water partition coefficient (Wildman–Crippen LogP) is 4.09. The van der Waals surface area contributed by atoms with Crippen LogP contribution in [0.4, 0.5) is 0 Å². The number of nitrogens with zero attached hydrogens (tertiary/aromatic N) is 1. The fourth-order valence-corrected chi connectivity index (χ4v) is 4.24. The van der Waals surface area contributed by atoms with E-state index in [4.69, 9.17) is 14.7 Å². The summed E-state index contributed by atoms with van der Waals surface area (Å²) >= 11 is 0. The third-order valence-corrected chi connectivity index (χ3v) is 5.50. The summed E-state index contributed by atoms with van der Waals surface area (Å²) in [5.41, 5.74) is 0.571. The lowest BCUT2D eigenvalue weighted by Gasteiger charge is -2.41. The van der Waals surface area contributed by atoms with Crippen molar-refractivity contribution in [2.75, 3.05) is 6.61 Å². The Kier molecular flexibility index (Phi) is 5.52. The van der Waals surface area contributed by atoms with Gasteiger partial charge in [-0.25, -0.2) is 0 Å². The van der Waals surface area contributed by atoms with Crippen molar-refractivity contribution in [2.24, 2.45) is 17.8 Å². The lowest BCUT2D eigenvalue weighted by atomic mass is 9.67. The van der Waals surface area contributed by atoms with Crippen molar-refractivity contribution < 1.29 is 14.3 Å². The number of carbonyl (C=O) groups is 1. The Morgan fingerprint density at radius 3 is 2.54 bits per heavy atom. The molecule has 4 nitrogen and oxygen atoms in total. The van der Waals surface area contributed by atoms with E-state index >= 15 is 0 Å². The van der Waals surface area contributed by atoms with Crippen LogP contribution < -0.4 is 4.74 Å². The minimum absolute atomic E-state index is 0.00513. The van der Waals surface area contributed by atoms with E-state index in [0.29, 0.717) is 29.3 Å². The average molecular weight is 327 g/mol. The largest absolute Gasteiger partial charge is 0.426 e. The normalized spacial score (nSPS) is 29.3. The second-order valence-electron chi connectivity index (χ2n) is 6.98. The molecule has 0 amide bonds. The number of carbonyl (C=O) groups excluding carboxylic acids is 1. The first kappa shape index (κ1) is 17.0. The van der Waals surface area contributed by atoms with Gasteiger partial charge in [-0.15, -0.1) is 0 Å². The predicted molar refractivity (Wildman–Crippen MR) is 90.4 cm³/mol. The highest BCUT2D eigenvalue weighted by molar-refractivity contribution is 5.75. The molecule has 2 saturated carbocycles. The zero-order chi connectivity index (χ0) is 16.9. The Morgan fingerprint density at radius 2 is 1.83 bits per heavy atom. The third-order valence-electron chi connectivity index (χ3n) is 5.50. The van der Waals surface area contributed by atoms with Crippen LogP contribution in [0.5, 0.6) is 5.75 Å². The molecule has 4 unspecified atom stereocenters. The van der Waals surface area contributed by atoms with Gasteiger partial charge in [0, 0.05) is 6.61 Å². The molecule has 0 bridgehead atoms. The summed E-state index contributed by atoms with van der Waals surface area (Å²) < 4.78 is 11.3. The molecule has 2 fully saturated rings. The molecule has 2 aliphatic carbocycles. The zero-order valence-corrected chi connectivity index (χ0v) is 14.2. The molecular weight excluding hydrogens is 302 g/mol. The molecule has 4 heteroatoms. The van der Waals surface area contributed by atoms with Gasteiger partial charge in [0.15, 0.2) is 0 Å². The van der Waals surface area contributed by atoms with Crippen molar-refractivity contribution in [2.45, 2.75) is 51.6 Å². The molecule has 1 aromatic rings. The van der Waals surface area contributed by atoms with Crippen LogP contribution in [0, 0.1) is 29.1 Å². The van der Waals surface area contributed by atoms with Crippen molar-refractivity contribution in [3.63, 3.8) is 0 Å². The van der Waals surface area contributed by atoms with Crippen LogP contribution in [0.1, 0.15) is 51.0 Å². The van der Waals surface area contributed by atoms with E-state index in [9.17, 15) is 4.79 Å². The summed E-state index contributed by atoms with van der Waals surface area (Å²) in [6.07, 6.45) is 6.80. The molecule has 1 aromatic carbocycles. The van der Waals surface area contributed by atoms with Crippen molar-refractivity contribution in [3.05, 3.63) is 29.8 Å². The number of benzene rings is 1. The number of hydrogen-bond donors (Lipinski definition) is 0. The minimum Gasteiger partial charge on any atom is -0.426 e. The van der Waals surface area contributed by atoms with E-state index in [1.807, 2.05) is 0 Å². The van der Waals surface area contributed by atoms with Gasteiger partial charge in [-0.2, -0.15) is 5.26 Å². The molecular formula is C20H25NO3. The Bertz CT molecular complexity index is 604. The number of esters is 1. The van der Waals surface area contributed by atoms with Gasteiger partial charge in [0.25, 0.3) is 0 Å². The first-order valence-corrected chi connectivity index (χ1v) is 9.03. The Morgan fingerprint density at radius 1 is 1.12 bits per heavy atom. The molecule has 0 radical (unpaired) electrons. The maximum Gasteiger partial charge on any atom is 0.314 e. The number of fused-ring (bicyclic) bond motifs is 1. The standard InChI is InChI=1S/C20H25NO3/c1-2-23-19-10-7-15-11-17(6-5-16(15)12-19)20(22)24-18-8-3-14(13-21)4-9-18/h3-4,8-9,15-17,19H,2,5-7,10-12H2,1H3. The Hall–Kier alpha value is -1.86. The first-order chi connectivity index (χ1) is 11.7. The van der Waals surface area contributed by atoms with Gasteiger partial charge in [0.05, 0.1) is 23.7 Å². The van der Waals surface area contributed by atoms with Crippen LogP contribution in [-0.4, -0.2) is 18.7 Å². The van der Waals surface area contributed by atoms with Crippen molar-refractivity contribution >= 4 is 5.97 Å². The van der Waals surface area contributed by atoms with Gasteiger partial charge in [0.2, 0.25) is 0 Å². The number of ether oxygens (including phenoxy) is 2. The van der Waals surface area contributed by atoms with Crippen molar-refractivity contribution in [1.29, 1.82) is 5.26 Å². The molecule has 0 N–H and O–H groups in total. The molecule has 4 atom stereocenters. The number of rotatable bonds is 4. The summed E-state index contributed by atoms with van der Waals surface area (Å²) in [4.78, 5) is 12.5. The third kappa shape index (κ3) is 3.96. The van der Waals surface area contributed by atoms with Crippen LogP contribution in [-0.2, 0) is 9.53 Å². The summed E-state index contributed by atoms with van der Waals surface area (Å²) in [5, 5.41) is 8.81.